The highest BCUT2D eigenvalue weighted by molar-refractivity contribution is 5.14. The van der Waals surface area contributed by atoms with Crippen LogP contribution in [0.2, 0.25) is 0 Å². The quantitative estimate of drug-likeness (QED) is 0.848. The van der Waals surface area contributed by atoms with Gasteiger partial charge in [-0.05, 0) is 24.5 Å². The monoisotopic (exact) mass is 214 g/mol. The highest BCUT2D eigenvalue weighted by Gasteiger charge is 2.09. The number of hydrogen-bond acceptors (Lipinski definition) is 3. The molecule has 2 rings (SSSR count). The van der Waals surface area contributed by atoms with Crippen LogP contribution in [0.4, 0.5) is 0 Å². The van der Waals surface area contributed by atoms with Crippen LogP contribution in [-0.2, 0) is 6.42 Å². The summed E-state index contributed by atoms with van der Waals surface area (Å²) in [5.41, 5.74) is 1.22. The number of aromatic nitrogens is 2. The van der Waals surface area contributed by atoms with Crippen molar-refractivity contribution in [1.82, 2.24) is 9.97 Å². The van der Waals surface area contributed by atoms with Crippen LogP contribution < -0.4 is 0 Å². The summed E-state index contributed by atoms with van der Waals surface area (Å²) in [5.74, 6) is 0.499. The van der Waals surface area contributed by atoms with Gasteiger partial charge in [0.15, 0.2) is 5.82 Å². The van der Waals surface area contributed by atoms with Crippen molar-refractivity contribution in [2.24, 2.45) is 0 Å². The lowest BCUT2D eigenvalue weighted by atomic mass is 10.1. The van der Waals surface area contributed by atoms with E-state index in [2.05, 4.69) is 22.1 Å². The van der Waals surface area contributed by atoms with Crippen LogP contribution in [0, 0.1) is 0 Å². The normalized spacial score (nSPS) is 12.3. The first kappa shape index (κ1) is 10.8. The lowest BCUT2D eigenvalue weighted by Crippen LogP contribution is -2.04. The second-order valence-corrected chi connectivity index (χ2v) is 3.65. The van der Waals surface area contributed by atoms with E-state index in [4.69, 9.17) is 0 Å². The molecule has 1 N–H and O–H groups in total. The van der Waals surface area contributed by atoms with E-state index in [-0.39, 0.29) is 0 Å². The molecule has 0 aliphatic rings. The van der Waals surface area contributed by atoms with Crippen molar-refractivity contribution in [3.05, 3.63) is 60.2 Å². The molecule has 0 saturated heterocycles. The minimum Gasteiger partial charge on any atom is -0.385 e. The molecule has 0 aliphatic heterocycles. The summed E-state index contributed by atoms with van der Waals surface area (Å²) in [7, 11) is 0. The fourth-order valence-electron chi connectivity index (χ4n) is 1.56. The van der Waals surface area contributed by atoms with Crippen LogP contribution in [0.3, 0.4) is 0 Å². The molecule has 82 valence electrons. The first-order valence-electron chi connectivity index (χ1n) is 5.35. The van der Waals surface area contributed by atoms with E-state index in [1.165, 1.54) is 5.56 Å². The van der Waals surface area contributed by atoms with Gasteiger partial charge >= 0.3 is 0 Å². The summed E-state index contributed by atoms with van der Waals surface area (Å²) in [6.45, 7) is 0. The molecule has 0 saturated carbocycles. The van der Waals surface area contributed by atoms with Crippen molar-refractivity contribution >= 4 is 0 Å². The van der Waals surface area contributed by atoms with Crippen molar-refractivity contribution < 1.29 is 5.11 Å². The van der Waals surface area contributed by atoms with E-state index < -0.39 is 6.10 Å². The highest BCUT2D eigenvalue weighted by atomic mass is 16.3. The molecule has 1 aromatic carbocycles. The predicted molar refractivity (Wildman–Crippen MR) is 61.8 cm³/mol. The molecular formula is C13H14N2O. The van der Waals surface area contributed by atoms with E-state index in [0.29, 0.717) is 12.2 Å². The van der Waals surface area contributed by atoms with Crippen LogP contribution in [0.25, 0.3) is 0 Å². The van der Waals surface area contributed by atoms with Crippen LogP contribution in [0.1, 0.15) is 23.9 Å². The maximum atomic E-state index is 9.86. The Kier molecular flexibility index (Phi) is 3.62. The predicted octanol–water partition coefficient (Wildman–Crippen LogP) is 2.14. The Morgan fingerprint density at radius 3 is 2.38 bits per heavy atom. The number of aliphatic hydroxyl groups is 1. The standard InChI is InChI=1S/C13H14N2O/c16-12(13-14-9-4-10-15-13)8-7-11-5-2-1-3-6-11/h1-6,9-10,12,16H,7-8H2. The molecule has 2 aromatic rings. The number of aryl methyl sites for hydroxylation is 1. The van der Waals surface area contributed by atoms with Crippen molar-refractivity contribution in [2.75, 3.05) is 0 Å². The fraction of sp³-hybridized carbons (Fsp3) is 0.231. The third kappa shape index (κ3) is 2.87. The molecule has 0 aliphatic carbocycles. The van der Waals surface area contributed by atoms with Crippen molar-refractivity contribution in [3.8, 4) is 0 Å². The topological polar surface area (TPSA) is 46.0 Å². The maximum absolute atomic E-state index is 9.86. The lowest BCUT2D eigenvalue weighted by Gasteiger charge is -2.08. The van der Waals surface area contributed by atoms with Crippen molar-refractivity contribution in [2.45, 2.75) is 18.9 Å². The number of benzene rings is 1. The third-order valence-corrected chi connectivity index (χ3v) is 2.43. The van der Waals surface area contributed by atoms with Gasteiger partial charge in [-0.15, -0.1) is 0 Å². The Bertz CT molecular complexity index is 416. The number of hydrogen-bond donors (Lipinski definition) is 1. The summed E-state index contributed by atoms with van der Waals surface area (Å²) >= 11 is 0. The van der Waals surface area contributed by atoms with Gasteiger partial charge in [-0.25, -0.2) is 9.97 Å². The van der Waals surface area contributed by atoms with Gasteiger partial charge in [-0.1, -0.05) is 30.3 Å². The molecule has 0 spiro atoms. The molecule has 3 nitrogen and oxygen atoms in total. The van der Waals surface area contributed by atoms with Gasteiger partial charge in [0.1, 0.15) is 6.10 Å². The van der Waals surface area contributed by atoms with Gasteiger partial charge in [-0.2, -0.15) is 0 Å². The molecule has 1 heterocycles. The van der Waals surface area contributed by atoms with Crippen LogP contribution in [0.15, 0.2) is 48.8 Å². The van der Waals surface area contributed by atoms with Gasteiger partial charge in [0.25, 0.3) is 0 Å². The summed E-state index contributed by atoms with van der Waals surface area (Å²) in [5, 5.41) is 9.86. The Morgan fingerprint density at radius 1 is 1.00 bits per heavy atom. The SMILES string of the molecule is OC(CCc1ccccc1)c1ncccn1. The van der Waals surface area contributed by atoms with Crippen LogP contribution in [-0.4, -0.2) is 15.1 Å². The largest absolute Gasteiger partial charge is 0.385 e. The van der Waals surface area contributed by atoms with Crippen molar-refractivity contribution in [1.29, 1.82) is 0 Å². The van der Waals surface area contributed by atoms with Crippen LogP contribution >= 0.6 is 0 Å². The van der Waals surface area contributed by atoms with Gasteiger partial charge in [0.05, 0.1) is 0 Å². The zero-order valence-corrected chi connectivity index (χ0v) is 8.95. The lowest BCUT2D eigenvalue weighted by molar-refractivity contribution is 0.158. The average molecular weight is 214 g/mol. The Hall–Kier alpha value is -1.74. The average Bonchev–Trinajstić information content (AvgIpc) is 2.38. The summed E-state index contributed by atoms with van der Waals surface area (Å²) < 4.78 is 0. The van der Waals surface area contributed by atoms with Crippen LogP contribution in [0.5, 0.6) is 0 Å². The molecule has 0 bridgehead atoms. The molecule has 3 heteroatoms. The number of aliphatic hydroxyl groups excluding tert-OH is 1. The first-order valence-corrected chi connectivity index (χ1v) is 5.35. The van der Waals surface area contributed by atoms with Gasteiger partial charge in [-0.3, -0.25) is 0 Å². The molecule has 1 atom stereocenters. The number of rotatable bonds is 4. The van der Waals surface area contributed by atoms with E-state index in [9.17, 15) is 5.11 Å². The first-order chi connectivity index (χ1) is 7.86. The minimum atomic E-state index is -0.582. The van der Waals surface area contributed by atoms with E-state index in [1.807, 2.05) is 18.2 Å². The number of nitrogens with zero attached hydrogens (tertiary/aromatic N) is 2. The van der Waals surface area contributed by atoms with Gasteiger partial charge in [0.2, 0.25) is 0 Å². The molecule has 16 heavy (non-hydrogen) atoms. The minimum absolute atomic E-state index is 0.499. The fourth-order valence-corrected chi connectivity index (χ4v) is 1.56. The summed E-state index contributed by atoms with van der Waals surface area (Å²) in [6, 6.07) is 11.8. The molecule has 0 fully saturated rings. The van der Waals surface area contributed by atoms with E-state index in [0.717, 1.165) is 6.42 Å². The Labute approximate surface area is 94.8 Å². The second kappa shape index (κ2) is 5.37. The second-order valence-electron chi connectivity index (χ2n) is 3.65. The smallest absolute Gasteiger partial charge is 0.156 e. The summed E-state index contributed by atoms with van der Waals surface area (Å²) in [6.07, 6.45) is 4.19. The summed E-state index contributed by atoms with van der Waals surface area (Å²) in [4.78, 5) is 8.06. The highest BCUT2D eigenvalue weighted by Crippen LogP contribution is 2.14. The third-order valence-electron chi connectivity index (χ3n) is 2.43. The van der Waals surface area contributed by atoms with E-state index in [1.54, 1.807) is 18.5 Å². The zero-order chi connectivity index (χ0) is 11.2. The Morgan fingerprint density at radius 2 is 1.69 bits per heavy atom. The molecule has 1 aromatic heterocycles. The molecular weight excluding hydrogens is 200 g/mol. The Balaban J connectivity index is 1.92. The molecule has 0 amide bonds. The molecule has 1 unspecified atom stereocenters. The van der Waals surface area contributed by atoms with E-state index >= 15 is 0 Å². The van der Waals surface area contributed by atoms with Gasteiger partial charge in [0, 0.05) is 12.4 Å². The molecule has 0 radical (unpaired) electrons. The van der Waals surface area contributed by atoms with Gasteiger partial charge < -0.3 is 5.11 Å². The van der Waals surface area contributed by atoms with Crippen molar-refractivity contribution in [3.63, 3.8) is 0 Å². The zero-order valence-electron chi connectivity index (χ0n) is 8.95. The maximum Gasteiger partial charge on any atom is 0.156 e.